The summed E-state index contributed by atoms with van der Waals surface area (Å²) < 4.78 is 6.89. The summed E-state index contributed by atoms with van der Waals surface area (Å²) in [5.74, 6) is 1.01. The van der Waals surface area contributed by atoms with Gasteiger partial charge in [-0.2, -0.15) is 0 Å². The number of hydrogen-bond acceptors (Lipinski definition) is 2. The molecular weight excluding hydrogens is 425 g/mol. The molecule has 0 bridgehead atoms. The summed E-state index contributed by atoms with van der Waals surface area (Å²) >= 11 is 2.29. The van der Waals surface area contributed by atoms with E-state index in [-0.39, 0.29) is 12.5 Å². The number of ether oxygens (including phenoxy) is 1. The van der Waals surface area contributed by atoms with Crippen LogP contribution in [-0.2, 0) is 17.6 Å². The van der Waals surface area contributed by atoms with Gasteiger partial charge in [-0.05, 0) is 101 Å². The third-order valence-corrected chi connectivity index (χ3v) is 5.27. The van der Waals surface area contributed by atoms with Crippen LogP contribution in [0.25, 0.3) is 0 Å². The van der Waals surface area contributed by atoms with E-state index in [9.17, 15) is 4.79 Å². The molecule has 3 nitrogen and oxygen atoms in total. The number of hydrogen-bond donors (Lipinski definition) is 1. The van der Waals surface area contributed by atoms with Gasteiger partial charge in [0.05, 0.1) is 0 Å². The fourth-order valence-corrected chi connectivity index (χ4v) is 3.78. The second kappa shape index (κ2) is 8.21. The maximum Gasteiger partial charge on any atom is 0.262 e. The Kier molecular flexibility index (Phi) is 5.99. The minimum absolute atomic E-state index is 0.0301. The number of amides is 1. The van der Waals surface area contributed by atoms with E-state index in [0.29, 0.717) is 5.92 Å². The SMILES string of the molecule is CC(C)c1cc(I)ccc1NC(=O)COc1ccc2c(c1)CCCC2. The minimum atomic E-state index is -0.124. The Morgan fingerprint density at radius 1 is 1.12 bits per heavy atom. The normalized spacial score (nSPS) is 13.4. The number of nitrogens with one attached hydrogen (secondary N) is 1. The monoisotopic (exact) mass is 449 g/mol. The lowest BCUT2D eigenvalue weighted by Gasteiger charge is -2.17. The van der Waals surface area contributed by atoms with Crippen LogP contribution in [-0.4, -0.2) is 12.5 Å². The smallest absolute Gasteiger partial charge is 0.262 e. The van der Waals surface area contributed by atoms with Crippen molar-refractivity contribution in [1.82, 2.24) is 0 Å². The number of carbonyl (C=O) groups is 1. The molecule has 1 amide bonds. The van der Waals surface area contributed by atoms with Crippen LogP contribution in [0.2, 0.25) is 0 Å². The molecule has 0 heterocycles. The molecule has 2 aromatic rings. The van der Waals surface area contributed by atoms with Crippen molar-refractivity contribution in [3.05, 3.63) is 56.7 Å². The molecule has 25 heavy (non-hydrogen) atoms. The van der Waals surface area contributed by atoms with Crippen LogP contribution in [0, 0.1) is 3.57 Å². The fourth-order valence-electron chi connectivity index (χ4n) is 3.26. The summed E-state index contributed by atoms with van der Waals surface area (Å²) in [7, 11) is 0. The van der Waals surface area contributed by atoms with Gasteiger partial charge in [-0.15, -0.1) is 0 Å². The molecule has 0 aliphatic heterocycles. The topological polar surface area (TPSA) is 38.3 Å². The first-order chi connectivity index (χ1) is 12.0. The molecule has 1 aliphatic carbocycles. The molecule has 3 rings (SSSR count). The van der Waals surface area contributed by atoms with E-state index in [1.165, 1.54) is 27.5 Å². The highest BCUT2D eigenvalue weighted by atomic mass is 127. The number of rotatable bonds is 5. The minimum Gasteiger partial charge on any atom is -0.484 e. The molecule has 1 N–H and O–H groups in total. The Labute approximate surface area is 163 Å². The second-order valence-electron chi connectivity index (χ2n) is 6.86. The van der Waals surface area contributed by atoms with Gasteiger partial charge in [0.1, 0.15) is 5.75 Å². The third-order valence-electron chi connectivity index (χ3n) is 4.60. The van der Waals surface area contributed by atoms with Crippen molar-refractivity contribution in [2.75, 3.05) is 11.9 Å². The van der Waals surface area contributed by atoms with Crippen molar-refractivity contribution < 1.29 is 9.53 Å². The molecule has 0 atom stereocenters. The van der Waals surface area contributed by atoms with Crippen LogP contribution < -0.4 is 10.1 Å². The van der Waals surface area contributed by atoms with Gasteiger partial charge in [0, 0.05) is 9.26 Å². The van der Waals surface area contributed by atoms with E-state index in [0.717, 1.165) is 29.8 Å². The fraction of sp³-hybridized carbons (Fsp3) is 0.381. The quantitative estimate of drug-likeness (QED) is 0.629. The van der Waals surface area contributed by atoms with Gasteiger partial charge in [-0.25, -0.2) is 0 Å². The number of aryl methyl sites for hydroxylation is 2. The molecule has 0 aromatic heterocycles. The lowest BCUT2D eigenvalue weighted by atomic mass is 9.92. The first-order valence-corrected chi connectivity index (χ1v) is 9.94. The summed E-state index contributed by atoms with van der Waals surface area (Å²) in [6, 6.07) is 12.3. The third kappa shape index (κ3) is 4.75. The van der Waals surface area contributed by atoms with Crippen molar-refractivity contribution in [3.63, 3.8) is 0 Å². The van der Waals surface area contributed by atoms with Crippen LogP contribution in [0.5, 0.6) is 5.75 Å². The first kappa shape index (κ1) is 18.2. The molecule has 2 aromatic carbocycles. The molecule has 0 saturated carbocycles. The Balaban J connectivity index is 1.62. The van der Waals surface area contributed by atoms with Crippen molar-refractivity contribution in [3.8, 4) is 5.75 Å². The van der Waals surface area contributed by atoms with E-state index in [2.05, 4.69) is 60.0 Å². The average molecular weight is 449 g/mol. The molecule has 1 aliphatic rings. The first-order valence-electron chi connectivity index (χ1n) is 8.87. The molecule has 0 radical (unpaired) electrons. The predicted octanol–water partition coefficient (Wildman–Crippen LogP) is 5.31. The second-order valence-corrected chi connectivity index (χ2v) is 8.11. The molecule has 132 valence electrons. The Morgan fingerprint density at radius 2 is 1.88 bits per heavy atom. The van der Waals surface area contributed by atoms with Gasteiger partial charge in [-0.1, -0.05) is 19.9 Å². The van der Waals surface area contributed by atoms with Gasteiger partial charge < -0.3 is 10.1 Å². The zero-order valence-corrected chi connectivity index (χ0v) is 16.9. The Bertz CT molecular complexity index is 770. The number of fused-ring (bicyclic) bond motifs is 1. The van der Waals surface area contributed by atoms with Crippen LogP contribution >= 0.6 is 22.6 Å². The maximum absolute atomic E-state index is 12.3. The zero-order chi connectivity index (χ0) is 17.8. The van der Waals surface area contributed by atoms with E-state index in [4.69, 9.17) is 4.74 Å². The predicted molar refractivity (Wildman–Crippen MR) is 110 cm³/mol. The van der Waals surface area contributed by atoms with Crippen molar-refractivity contribution in [2.24, 2.45) is 0 Å². The van der Waals surface area contributed by atoms with Crippen molar-refractivity contribution >= 4 is 34.2 Å². The zero-order valence-electron chi connectivity index (χ0n) is 14.8. The Morgan fingerprint density at radius 3 is 2.64 bits per heavy atom. The van der Waals surface area contributed by atoms with E-state index in [1.807, 2.05) is 18.2 Å². The van der Waals surface area contributed by atoms with Crippen molar-refractivity contribution in [2.45, 2.75) is 45.4 Å². The molecule has 0 spiro atoms. The maximum atomic E-state index is 12.3. The lowest BCUT2D eigenvalue weighted by Crippen LogP contribution is -2.21. The highest BCUT2D eigenvalue weighted by Crippen LogP contribution is 2.27. The summed E-state index contributed by atoms with van der Waals surface area (Å²) in [5.41, 5.74) is 4.80. The number of anilines is 1. The summed E-state index contributed by atoms with van der Waals surface area (Å²) in [6.07, 6.45) is 4.77. The Hall–Kier alpha value is -1.56. The summed E-state index contributed by atoms with van der Waals surface area (Å²) in [6.45, 7) is 4.29. The van der Waals surface area contributed by atoms with Gasteiger partial charge in [0.2, 0.25) is 0 Å². The van der Waals surface area contributed by atoms with E-state index in [1.54, 1.807) is 0 Å². The molecular formula is C21H24INO2. The van der Waals surface area contributed by atoms with Crippen LogP contribution in [0.15, 0.2) is 36.4 Å². The highest BCUT2D eigenvalue weighted by molar-refractivity contribution is 14.1. The van der Waals surface area contributed by atoms with Crippen LogP contribution in [0.1, 0.15) is 49.3 Å². The van der Waals surface area contributed by atoms with E-state index >= 15 is 0 Å². The lowest BCUT2D eigenvalue weighted by molar-refractivity contribution is -0.118. The average Bonchev–Trinajstić information content (AvgIpc) is 2.61. The van der Waals surface area contributed by atoms with E-state index < -0.39 is 0 Å². The number of halogens is 1. The number of carbonyl (C=O) groups excluding carboxylic acids is 1. The standard InChI is InChI=1S/C21H24INO2/c1-14(2)19-12-17(22)8-10-20(19)23-21(24)13-25-18-9-7-15-5-3-4-6-16(15)11-18/h7-12,14H,3-6,13H2,1-2H3,(H,23,24). The van der Waals surface area contributed by atoms with Gasteiger partial charge >= 0.3 is 0 Å². The van der Waals surface area contributed by atoms with Crippen molar-refractivity contribution in [1.29, 1.82) is 0 Å². The highest BCUT2D eigenvalue weighted by Gasteiger charge is 2.13. The van der Waals surface area contributed by atoms with Gasteiger partial charge in [-0.3, -0.25) is 4.79 Å². The molecule has 0 unspecified atom stereocenters. The van der Waals surface area contributed by atoms with Gasteiger partial charge in [0.25, 0.3) is 5.91 Å². The van der Waals surface area contributed by atoms with Crippen LogP contribution in [0.3, 0.4) is 0 Å². The molecule has 4 heteroatoms. The number of benzene rings is 2. The molecule has 0 fully saturated rings. The van der Waals surface area contributed by atoms with Crippen LogP contribution in [0.4, 0.5) is 5.69 Å². The largest absolute Gasteiger partial charge is 0.484 e. The summed E-state index contributed by atoms with van der Waals surface area (Å²) in [5, 5.41) is 2.98. The summed E-state index contributed by atoms with van der Waals surface area (Å²) in [4.78, 5) is 12.3. The molecule has 0 saturated heterocycles. The van der Waals surface area contributed by atoms with Gasteiger partial charge in [0.15, 0.2) is 6.61 Å².